The van der Waals surface area contributed by atoms with Crippen molar-refractivity contribution in [3.63, 3.8) is 0 Å². The Morgan fingerprint density at radius 1 is 1.47 bits per heavy atom. The minimum Gasteiger partial charge on any atom is -0.364 e. The first-order chi connectivity index (χ1) is 8.16. The van der Waals surface area contributed by atoms with Gasteiger partial charge in [-0.25, -0.2) is 4.39 Å². The second-order valence-electron chi connectivity index (χ2n) is 3.30. The summed E-state index contributed by atoms with van der Waals surface area (Å²) in [4.78, 5) is 11.7. The molecule has 0 aliphatic carbocycles. The topological polar surface area (TPSA) is 55.1 Å². The van der Waals surface area contributed by atoms with Crippen molar-refractivity contribution in [3.05, 3.63) is 52.1 Å². The van der Waals surface area contributed by atoms with E-state index in [9.17, 15) is 9.18 Å². The lowest BCUT2D eigenvalue weighted by molar-refractivity contribution is 0.0946. The minimum atomic E-state index is -0.564. The standard InChI is InChI=1S/C11H8BrFN2O2/c12-7-1-2-10(13)9(5-7)11(16)14-6-8-3-4-17-15-8/h1-5H,6H2,(H,14,16). The van der Waals surface area contributed by atoms with Gasteiger partial charge in [0, 0.05) is 10.5 Å². The average molecular weight is 299 g/mol. The lowest BCUT2D eigenvalue weighted by atomic mass is 10.2. The Morgan fingerprint density at radius 2 is 2.29 bits per heavy atom. The molecule has 4 nitrogen and oxygen atoms in total. The number of amides is 1. The molecular formula is C11H8BrFN2O2. The Morgan fingerprint density at radius 3 is 3.00 bits per heavy atom. The molecule has 0 atom stereocenters. The highest BCUT2D eigenvalue weighted by molar-refractivity contribution is 9.10. The van der Waals surface area contributed by atoms with Crippen molar-refractivity contribution >= 4 is 21.8 Å². The monoisotopic (exact) mass is 298 g/mol. The molecule has 0 aliphatic rings. The molecule has 0 unspecified atom stereocenters. The lowest BCUT2D eigenvalue weighted by Gasteiger charge is -2.04. The van der Waals surface area contributed by atoms with Crippen molar-refractivity contribution in [3.8, 4) is 0 Å². The summed E-state index contributed by atoms with van der Waals surface area (Å²) < 4.78 is 18.6. The Hall–Kier alpha value is -1.69. The number of carbonyl (C=O) groups is 1. The van der Waals surface area contributed by atoms with Crippen LogP contribution in [0.2, 0.25) is 0 Å². The van der Waals surface area contributed by atoms with Crippen molar-refractivity contribution in [2.45, 2.75) is 6.54 Å². The highest BCUT2D eigenvalue weighted by Crippen LogP contribution is 2.15. The molecule has 0 saturated carbocycles. The average Bonchev–Trinajstić information content (AvgIpc) is 2.82. The SMILES string of the molecule is O=C(NCc1ccon1)c1cc(Br)ccc1F. The normalized spacial score (nSPS) is 10.2. The van der Waals surface area contributed by atoms with Gasteiger partial charge in [-0.2, -0.15) is 0 Å². The third-order valence-corrected chi connectivity index (χ3v) is 2.59. The summed E-state index contributed by atoms with van der Waals surface area (Å²) in [7, 11) is 0. The number of benzene rings is 1. The molecule has 1 N–H and O–H groups in total. The molecule has 0 aliphatic heterocycles. The van der Waals surface area contributed by atoms with Crippen LogP contribution in [0.4, 0.5) is 4.39 Å². The molecule has 88 valence electrons. The van der Waals surface area contributed by atoms with E-state index in [0.29, 0.717) is 10.2 Å². The van der Waals surface area contributed by atoms with Crippen LogP contribution in [-0.2, 0) is 6.54 Å². The van der Waals surface area contributed by atoms with Gasteiger partial charge in [0.1, 0.15) is 17.8 Å². The first kappa shape index (κ1) is 11.8. The fourth-order valence-corrected chi connectivity index (χ4v) is 1.63. The van der Waals surface area contributed by atoms with Crippen molar-refractivity contribution < 1.29 is 13.7 Å². The molecule has 1 amide bonds. The van der Waals surface area contributed by atoms with E-state index >= 15 is 0 Å². The number of nitrogens with zero attached hydrogens (tertiary/aromatic N) is 1. The molecule has 0 spiro atoms. The van der Waals surface area contributed by atoms with Gasteiger partial charge in [-0.3, -0.25) is 4.79 Å². The van der Waals surface area contributed by atoms with E-state index in [0.717, 1.165) is 0 Å². The van der Waals surface area contributed by atoms with Crippen molar-refractivity contribution in [1.82, 2.24) is 10.5 Å². The fraction of sp³-hybridized carbons (Fsp3) is 0.0909. The van der Waals surface area contributed by atoms with Gasteiger partial charge in [0.25, 0.3) is 5.91 Å². The van der Waals surface area contributed by atoms with Crippen LogP contribution in [0.25, 0.3) is 0 Å². The smallest absolute Gasteiger partial charge is 0.254 e. The maximum absolute atomic E-state index is 13.4. The number of carbonyl (C=O) groups excluding carboxylic acids is 1. The van der Waals surface area contributed by atoms with Gasteiger partial charge in [0.15, 0.2) is 0 Å². The van der Waals surface area contributed by atoms with Crippen molar-refractivity contribution in [2.75, 3.05) is 0 Å². The number of nitrogens with one attached hydrogen (secondary N) is 1. The van der Waals surface area contributed by atoms with Crippen LogP contribution in [0.3, 0.4) is 0 Å². The van der Waals surface area contributed by atoms with Crippen LogP contribution >= 0.6 is 15.9 Å². The Labute approximate surface area is 105 Å². The predicted octanol–water partition coefficient (Wildman–Crippen LogP) is 2.51. The third-order valence-electron chi connectivity index (χ3n) is 2.09. The first-order valence-corrected chi connectivity index (χ1v) is 5.58. The number of hydrogen-bond donors (Lipinski definition) is 1. The van der Waals surface area contributed by atoms with Crippen LogP contribution in [0.5, 0.6) is 0 Å². The Kier molecular flexibility index (Phi) is 3.53. The van der Waals surface area contributed by atoms with Gasteiger partial charge in [-0.1, -0.05) is 21.1 Å². The van der Waals surface area contributed by atoms with Gasteiger partial charge >= 0.3 is 0 Å². The van der Waals surface area contributed by atoms with E-state index < -0.39 is 11.7 Å². The summed E-state index contributed by atoms with van der Waals surface area (Å²) in [5.74, 6) is -1.06. The highest BCUT2D eigenvalue weighted by atomic mass is 79.9. The van der Waals surface area contributed by atoms with Gasteiger partial charge in [-0.15, -0.1) is 0 Å². The van der Waals surface area contributed by atoms with E-state index in [-0.39, 0.29) is 12.1 Å². The third kappa shape index (κ3) is 2.91. The van der Waals surface area contributed by atoms with Crippen LogP contribution in [-0.4, -0.2) is 11.1 Å². The molecule has 0 fully saturated rings. The molecule has 2 aromatic rings. The van der Waals surface area contributed by atoms with Gasteiger partial charge in [0.2, 0.25) is 0 Å². The molecule has 1 aromatic heterocycles. The van der Waals surface area contributed by atoms with E-state index in [1.807, 2.05) is 0 Å². The zero-order chi connectivity index (χ0) is 12.3. The maximum Gasteiger partial charge on any atom is 0.254 e. The molecule has 0 radical (unpaired) electrons. The molecular weight excluding hydrogens is 291 g/mol. The van der Waals surface area contributed by atoms with Crippen molar-refractivity contribution in [2.24, 2.45) is 0 Å². The molecule has 1 aromatic carbocycles. The molecule has 0 bridgehead atoms. The van der Waals surface area contributed by atoms with Crippen molar-refractivity contribution in [1.29, 1.82) is 0 Å². The van der Waals surface area contributed by atoms with Crippen LogP contribution in [0.1, 0.15) is 16.1 Å². The summed E-state index contributed by atoms with van der Waals surface area (Å²) in [6.07, 6.45) is 1.40. The quantitative estimate of drug-likeness (QED) is 0.947. The summed E-state index contributed by atoms with van der Waals surface area (Å²) in [5, 5.41) is 6.18. The molecule has 0 saturated heterocycles. The Balaban J connectivity index is 2.07. The lowest BCUT2D eigenvalue weighted by Crippen LogP contribution is -2.24. The summed E-state index contributed by atoms with van der Waals surface area (Å²) in [6.45, 7) is 0.196. The first-order valence-electron chi connectivity index (χ1n) is 4.79. The molecule has 17 heavy (non-hydrogen) atoms. The number of halogens is 2. The highest BCUT2D eigenvalue weighted by Gasteiger charge is 2.12. The number of rotatable bonds is 3. The molecule has 1 heterocycles. The maximum atomic E-state index is 13.4. The van der Waals surface area contributed by atoms with Gasteiger partial charge in [-0.05, 0) is 18.2 Å². The minimum absolute atomic E-state index is 0.0112. The van der Waals surface area contributed by atoms with Crippen LogP contribution in [0, 0.1) is 5.82 Å². The van der Waals surface area contributed by atoms with E-state index in [2.05, 4.69) is 30.9 Å². The van der Waals surface area contributed by atoms with Gasteiger partial charge in [0.05, 0.1) is 12.1 Å². The summed E-state index contributed by atoms with van der Waals surface area (Å²) >= 11 is 3.18. The van der Waals surface area contributed by atoms with Crippen LogP contribution in [0.15, 0.2) is 39.5 Å². The fourth-order valence-electron chi connectivity index (χ4n) is 1.27. The predicted molar refractivity (Wildman–Crippen MR) is 61.8 cm³/mol. The zero-order valence-corrected chi connectivity index (χ0v) is 10.2. The summed E-state index contributed by atoms with van der Waals surface area (Å²) in [5.41, 5.74) is 0.566. The van der Waals surface area contributed by atoms with E-state index in [4.69, 9.17) is 0 Å². The van der Waals surface area contributed by atoms with Gasteiger partial charge < -0.3 is 9.84 Å². The largest absolute Gasteiger partial charge is 0.364 e. The zero-order valence-electron chi connectivity index (χ0n) is 8.61. The summed E-state index contributed by atoms with van der Waals surface area (Å²) in [6, 6.07) is 5.81. The Bertz CT molecular complexity index is 528. The second-order valence-corrected chi connectivity index (χ2v) is 4.21. The molecule has 6 heteroatoms. The van der Waals surface area contributed by atoms with E-state index in [1.165, 1.54) is 24.5 Å². The van der Waals surface area contributed by atoms with E-state index in [1.54, 1.807) is 6.07 Å². The molecule has 2 rings (SSSR count). The number of hydrogen-bond acceptors (Lipinski definition) is 3. The second kappa shape index (κ2) is 5.09. The van der Waals surface area contributed by atoms with Crippen LogP contribution < -0.4 is 5.32 Å². The number of aromatic nitrogens is 1.